The molecule has 1 aromatic heterocycles. The molecule has 0 saturated carbocycles. The second kappa shape index (κ2) is 6.07. The van der Waals surface area contributed by atoms with E-state index >= 15 is 0 Å². The second-order valence-corrected chi connectivity index (χ2v) is 4.87. The molecule has 0 fully saturated rings. The molecule has 2 aromatic rings. The Hall–Kier alpha value is -1.84. The Morgan fingerprint density at radius 3 is 2.75 bits per heavy atom. The second-order valence-electron chi connectivity index (χ2n) is 4.87. The Balaban J connectivity index is 2.53. The highest BCUT2D eigenvalue weighted by atomic mass is 19.1. The first-order valence-electron chi connectivity index (χ1n) is 7.01. The summed E-state index contributed by atoms with van der Waals surface area (Å²) in [7, 11) is 0. The number of carbonyl (C=O) groups is 1. The van der Waals surface area contributed by atoms with Crippen LogP contribution in [0.4, 0.5) is 4.39 Å². The Bertz CT molecular complexity index is 631. The zero-order valence-electron chi connectivity index (χ0n) is 12.2. The number of halogens is 1. The summed E-state index contributed by atoms with van der Waals surface area (Å²) in [6.07, 6.45) is 1.86. The number of ether oxygens (including phenoxy) is 1. The predicted molar refractivity (Wildman–Crippen MR) is 77.3 cm³/mol. The van der Waals surface area contributed by atoms with Crippen molar-refractivity contribution in [3.63, 3.8) is 0 Å². The van der Waals surface area contributed by atoms with Gasteiger partial charge in [0.25, 0.3) is 0 Å². The number of rotatable bonds is 5. The molecule has 1 heterocycles. The molecule has 2 rings (SSSR count). The SMILES string of the molecule is CCCc1c(C)n(CC(=O)OCC)c2ccc(F)cc12. The van der Waals surface area contributed by atoms with Crippen LogP contribution >= 0.6 is 0 Å². The lowest BCUT2D eigenvalue weighted by molar-refractivity contribution is -0.143. The molecule has 0 saturated heterocycles. The highest BCUT2D eigenvalue weighted by Gasteiger charge is 2.16. The van der Waals surface area contributed by atoms with Crippen molar-refractivity contribution in [2.45, 2.75) is 40.2 Å². The first-order chi connectivity index (χ1) is 9.58. The summed E-state index contributed by atoms with van der Waals surface area (Å²) in [4.78, 5) is 11.7. The lowest BCUT2D eigenvalue weighted by Crippen LogP contribution is -2.14. The van der Waals surface area contributed by atoms with Crippen molar-refractivity contribution in [3.8, 4) is 0 Å². The summed E-state index contributed by atoms with van der Waals surface area (Å²) >= 11 is 0. The maximum atomic E-state index is 13.5. The third-order valence-corrected chi connectivity index (χ3v) is 3.51. The fraction of sp³-hybridized carbons (Fsp3) is 0.438. The number of hydrogen-bond donors (Lipinski definition) is 0. The van der Waals surface area contributed by atoms with Gasteiger partial charge < -0.3 is 9.30 Å². The first-order valence-corrected chi connectivity index (χ1v) is 7.01. The van der Waals surface area contributed by atoms with Crippen molar-refractivity contribution in [2.24, 2.45) is 0 Å². The van der Waals surface area contributed by atoms with Gasteiger partial charge in [0.1, 0.15) is 12.4 Å². The molecular weight excluding hydrogens is 257 g/mol. The molecular formula is C16H20FNO2. The third kappa shape index (κ3) is 2.69. The minimum Gasteiger partial charge on any atom is -0.465 e. The molecule has 0 bridgehead atoms. The van der Waals surface area contributed by atoms with Gasteiger partial charge in [-0.15, -0.1) is 0 Å². The molecule has 0 radical (unpaired) electrons. The van der Waals surface area contributed by atoms with Crippen molar-refractivity contribution >= 4 is 16.9 Å². The van der Waals surface area contributed by atoms with Crippen LogP contribution in [0.5, 0.6) is 0 Å². The molecule has 0 unspecified atom stereocenters. The number of carbonyl (C=O) groups excluding carboxylic acids is 1. The van der Waals surface area contributed by atoms with Crippen molar-refractivity contribution < 1.29 is 13.9 Å². The van der Waals surface area contributed by atoms with Crippen LogP contribution in [0.25, 0.3) is 10.9 Å². The minimum atomic E-state index is -0.264. The average molecular weight is 277 g/mol. The molecule has 0 amide bonds. The zero-order valence-corrected chi connectivity index (χ0v) is 12.2. The average Bonchev–Trinajstić information content (AvgIpc) is 2.65. The fourth-order valence-corrected chi connectivity index (χ4v) is 2.63. The summed E-state index contributed by atoms with van der Waals surface area (Å²) in [5.41, 5.74) is 3.02. The number of aryl methyl sites for hydroxylation is 1. The zero-order chi connectivity index (χ0) is 14.7. The number of nitrogens with zero attached hydrogens (tertiary/aromatic N) is 1. The number of fused-ring (bicyclic) bond motifs is 1. The van der Waals surface area contributed by atoms with E-state index in [9.17, 15) is 9.18 Å². The van der Waals surface area contributed by atoms with Gasteiger partial charge in [0.15, 0.2) is 0 Å². The van der Waals surface area contributed by atoms with E-state index in [0.29, 0.717) is 6.61 Å². The van der Waals surface area contributed by atoms with Crippen molar-refractivity contribution in [1.82, 2.24) is 4.57 Å². The predicted octanol–water partition coefficient (Wildman–Crippen LogP) is 3.60. The van der Waals surface area contributed by atoms with Crippen LogP contribution in [0.15, 0.2) is 18.2 Å². The van der Waals surface area contributed by atoms with Crippen LogP contribution < -0.4 is 0 Å². The molecule has 20 heavy (non-hydrogen) atoms. The van der Waals surface area contributed by atoms with Gasteiger partial charge in [-0.3, -0.25) is 4.79 Å². The van der Waals surface area contributed by atoms with Gasteiger partial charge in [-0.2, -0.15) is 0 Å². The van der Waals surface area contributed by atoms with Gasteiger partial charge in [-0.25, -0.2) is 4.39 Å². The molecule has 108 valence electrons. The van der Waals surface area contributed by atoms with E-state index in [0.717, 1.165) is 35.0 Å². The molecule has 0 aliphatic heterocycles. The van der Waals surface area contributed by atoms with Crippen molar-refractivity contribution in [1.29, 1.82) is 0 Å². The first kappa shape index (κ1) is 14.6. The summed E-state index contributed by atoms with van der Waals surface area (Å²) in [5.74, 6) is -0.511. The summed E-state index contributed by atoms with van der Waals surface area (Å²) < 4.78 is 20.4. The molecule has 1 aromatic carbocycles. The minimum absolute atomic E-state index is 0.172. The lowest BCUT2D eigenvalue weighted by Gasteiger charge is -2.08. The van der Waals surface area contributed by atoms with Crippen LogP contribution in [0.1, 0.15) is 31.5 Å². The largest absolute Gasteiger partial charge is 0.465 e. The Morgan fingerprint density at radius 1 is 1.35 bits per heavy atom. The van der Waals surface area contributed by atoms with Crippen LogP contribution in [0.2, 0.25) is 0 Å². The quantitative estimate of drug-likeness (QED) is 0.782. The van der Waals surface area contributed by atoms with Gasteiger partial charge in [0.2, 0.25) is 0 Å². The van der Waals surface area contributed by atoms with Crippen molar-refractivity contribution in [2.75, 3.05) is 6.61 Å². The van der Waals surface area contributed by atoms with Gasteiger partial charge in [-0.05, 0) is 44.0 Å². The van der Waals surface area contributed by atoms with Crippen LogP contribution in [-0.4, -0.2) is 17.1 Å². The Morgan fingerprint density at radius 2 is 2.10 bits per heavy atom. The molecule has 0 aliphatic carbocycles. The standard InChI is InChI=1S/C16H20FNO2/c1-4-6-13-11(3)18(10-16(19)20-5-2)15-8-7-12(17)9-14(13)15/h7-9H,4-6,10H2,1-3H3. The summed E-state index contributed by atoms with van der Waals surface area (Å²) in [6.45, 7) is 6.39. The van der Waals surface area contributed by atoms with E-state index in [1.54, 1.807) is 19.1 Å². The summed E-state index contributed by atoms with van der Waals surface area (Å²) in [6, 6.07) is 4.71. The topological polar surface area (TPSA) is 31.2 Å². The van der Waals surface area contributed by atoms with Gasteiger partial charge in [0.05, 0.1) is 6.61 Å². The number of esters is 1. The highest BCUT2D eigenvalue weighted by Crippen LogP contribution is 2.28. The van der Waals surface area contributed by atoms with Gasteiger partial charge >= 0.3 is 5.97 Å². The van der Waals surface area contributed by atoms with E-state index in [1.165, 1.54) is 6.07 Å². The van der Waals surface area contributed by atoms with Gasteiger partial charge in [-0.1, -0.05) is 13.3 Å². The van der Waals surface area contributed by atoms with Crippen LogP contribution in [0.3, 0.4) is 0 Å². The fourth-order valence-electron chi connectivity index (χ4n) is 2.63. The van der Waals surface area contributed by atoms with Crippen LogP contribution in [0, 0.1) is 12.7 Å². The van der Waals surface area contributed by atoms with E-state index in [2.05, 4.69) is 6.92 Å². The van der Waals surface area contributed by atoms with E-state index < -0.39 is 0 Å². The summed E-state index contributed by atoms with van der Waals surface area (Å²) in [5, 5.41) is 0.897. The molecule has 0 atom stereocenters. The maximum Gasteiger partial charge on any atom is 0.325 e. The molecule has 0 N–H and O–H groups in total. The lowest BCUT2D eigenvalue weighted by atomic mass is 10.1. The van der Waals surface area contributed by atoms with Gasteiger partial charge in [0, 0.05) is 16.6 Å². The highest BCUT2D eigenvalue weighted by molar-refractivity contribution is 5.87. The number of hydrogen-bond acceptors (Lipinski definition) is 2. The molecule has 0 spiro atoms. The molecule has 3 nitrogen and oxygen atoms in total. The Labute approximate surface area is 118 Å². The van der Waals surface area contributed by atoms with E-state index in [4.69, 9.17) is 4.74 Å². The maximum absolute atomic E-state index is 13.5. The smallest absolute Gasteiger partial charge is 0.325 e. The monoisotopic (exact) mass is 277 g/mol. The molecule has 0 aliphatic rings. The van der Waals surface area contributed by atoms with E-state index in [-0.39, 0.29) is 18.3 Å². The number of aromatic nitrogens is 1. The Kier molecular flexibility index (Phi) is 4.42. The van der Waals surface area contributed by atoms with E-state index in [1.807, 2.05) is 11.5 Å². The third-order valence-electron chi connectivity index (χ3n) is 3.51. The molecule has 4 heteroatoms. The van der Waals surface area contributed by atoms with Crippen molar-refractivity contribution in [3.05, 3.63) is 35.3 Å². The normalized spacial score (nSPS) is 11.0. The van der Waals surface area contributed by atoms with Crippen LogP contribution in [-0.2, 0) is 22.5 Å². The number of benzene rings is 1.